The Morgan fingerprint density at radius 3 is 2.78 bits per heavy atom. The van der Waals surface area contributed by atoms with Crippen molar-refractivity contribution in [3.8, 4) is 16.9 Å². The van der Waals surface area contributed by atoms with E-state index < -0.39 is 0 Å². The van der Waals surface area contributed by atoms with Gasteiger partial charge in [-0.1, -0.05) is 12.1 Å². The third-order valence-corrected chi connectivity index (χ3v) is 3.70. The largest absolute Gasteiger partial charge is 0.493 e. The molecule has 0 unspecified atom stereocenters. The summed E-state index contributed by atoms with van der Waals surface area (Å²) in [7, 11) is 1.95. The van der Waals surface area contributed by atoms with Crippen LogP contribution in [0.5, 0.6) is 5.75 Å². The van der Waals surface area contributed by atoms with E-state index in [0.29, 0.717) is 13.0 Å². The second-order valence-electron chi connectivity index (χ2n) is 5.52. The first-order chi connectivity index (χ1) is 11.2. The van der Waals surface area contributed by atoms with Crippen LogP contribution in [0.25, 0.3) is 21.9 Å². The van der Waals surface area contributed by atoms with Crippen LogP contribution in [-0.2, 0) is 7.05 Å². The molecular formula is C19H19FNO2+. The molecule has 0 saturated heterocycles. The summed E-state index contributed by atoms with van der Waals surface area (Å²) >= 11 is 0. The van der Waals surface area contributed by atoms with E-state index in [1.807, 2.05) is 48.3 Å². The molecule has 0 saturated carbocycles. The average Bonchev–Trinajstić information content (AvgIpc) is 2.54. The molecule has 23 heavy (non-hydrogen) atoms. The Morgan fingerprint density at radius 2 is 2.00 bits per heavy atom. The number of fused-ring (bicyclic) bond motifs is 1. The first-order valence-electron chi connectivity index (χ1n) is 7.60. The maximum Gasteiger partial charge on any atom is 0.177 e. The van der Waals surface area contributed by atoms with Crippen molar-refractivity contribution >= 4 is 10.8 Å². The Labute approximate surface area is 134 Å². The predicted molar refractivity (Wildman–Crippen MR) is 87.7 cm³/mol. The number of aliphatic hydroxyl groups is 1. The fraction of sp³-hybridized carbons (Fsp3) is 0.211. The van der Waals surface area contributed by atoms with E-state index in [4.69, 9.17) is 9.84 Å². The van der Waals surface area contributed by atoms with E-state index in [-0.39, 0.29) is 12.4 Å². The van der Waals surface area contributed by atoms with Gasteiger partial charge in [-0.25, -0.2) is 8.96 Å². The molecular weight excluding hydrogens is 293 g/mol. The number of aromatic nitrogens is 1. The Balaban J connectivity index is 2.05. The number of benzene rings is 2. The van der Waals surface area contributed by atoms with Crippen LogP contribution in [0.2, 0.25) is 0 Å². The lowest BCUT2D eigenvalue weighted by Crippen LogP contribution is -2.26. The number of ether oxygens (including phenoxy) is 1. The molecule has 1 heterocycles. The minimum atomic E-state index is -0.244. The highest BCUT2D eigenvalue weighted by Crippen LogP contribution is 2.29. The average molecular weight is 312 g/mol. The maximum absolute atomic E-state index is 13.5. The van der Waals surface area contributed by atoms with E-state index in [2.05, 4.69) is 0 Å². The molecule has 0 aliphatic rings. The van der Waals surface area contributed by atoms with Crippen LogP contribution < -0.4 is 9.30 Å². The van der Waals surface area contributed by atoms with Gasteiger partial charge in [0.05, 0.1) is 12.2 Å². The summed E-state index contributed by atoms with van der Waals surface area (Å²) in [5.74, 6) is 0.522. The van der Waals surface area contributed by atoms with Gasteiger partial charge in [-0.2, -0.15) is 0 Å². The van der Waals surface area contributed by atoms with Crippen molar-refractivity contribution in [1.82, 2.24) is 0 Å². The van der Waals surface area contributed by atoms with Gasteiger partial charge in [0.15, 0.2) is 12.4 Å². The van der Waals surface area contributed by atoms with Gasteiger partial charge in [0.25, 0.3) is 0 Å². The standard InChI is InChI=1S/C19H19FNO2/c1-21-12-15-11-17(23-9-3-8-22)6-7-18(15)19(13-21)14-4-2-5-16(20)10-14/h2,4-7,10-13,22H,3,8-9H2,1H3/q+1. The minimum Gasteiger partial charge on any atom is -0.493 e. The number of halogens is 1. The molecule has 4 heteroatoms. The molecule has 0 radical (unpaired) electrons. The van der Waals surface area contributed by atoms with Crippen molar-refractivity contribution in [3.05, 3.63) is 60.7 Å². The summed E-state index contributed by atoms with van der Waals surface area (Å²) < 4.78 is 21.1. The number of rotatable bonds is 5. The van der Waals surface area contributed by atoms with E-state index in [9.17, 15) is 4.39 Å². The van der Waals surface area contributed by atoms with Gasteiger partial charge >= 0.3 is 0 Å². The van der Waals surface area contributed by atoms with Crippen molar-refractivity contribution in [3.63, 3.8) is 0 Å². The smallest absolute Gasteiger partial charge is 0.177 e. The van der Waals surface area contributed by atoms with Crippen molar-refractivity contribution in [1.29, 1.82) is 0 Å². The van der Waals surface area contributed by atoms with Gasteiger partial charge < -0.3 is 9.84 Å². The molecule has 0 atom stereocenters. The van der Waals surface area contributed by atoms with Gasteiger partial charge in [0.1, 0.15) is 18.6 Å². The molecule has 1 aromatic heterocycles. The zero-order valence-corrected chi connectivity index (χ0v) is 13.0. The molecule has 1 N–H and O–H groups in total. The Bertz CT molecular complexity index is 833. The summed E-state index contributed by atoms with van der Waals surface area (Å²) in [4.78, 5) is 0. The van der Waals surface area contributed by atoms with Crippen molar-refractivity contribution in [2.75, 3.05) is 13.2 Å². The molecule has 0 bridgehead atoms. The zero-order chi connectivity index (χ0) is 16.2. The summed E-state index contributed by atoms with van der Waals surface area (Å²) in [5, 5.41) is 10.9. The Morgan fingerprint density at radius 1 is 1.13 bits per heavy atom. The number of hydrogen-bond donors (Lipinski definition) is 1. The Hall–Kier alpha value is -2.46. The highest BCUT2D eigenvalue weighted by atomic mass is 19.1. The second kappa shape index (κ2) is 6.75. The van der Waals surface area contributed by atoms with Gasteiger partial charge in [-0.15, -0.1) is 0 Å². The second-order valence-corrected chi connectivity index (χ2v) is 5.52. The van der Waals surface area contributed by atoms with Gasteiger partial charge in [0.2, 0.25) is 0 Å². The zero-order valence-electron chi connectivity index (χ0n) is 13.0. The summed E-state index contributed by atoms with van der Waals surface area (Å²) in [6.07, 6.45) is 4.61. The van der Waals surface area contributed by atoms with Crippen LogP contribution in [0.4, 0.5) is 4.39 Å². The van der Waals surface area contributed by atoms with Crippen LogP contribution in [0.15, 0.2) is 54.9 Å². The monoisotopic (exact) mass is 312 g/mol. The van der Waals surface area contributed by atoms with E-state index in [0.717, 1.165) is 27.6 Å². The molecule has 3 nitrogen and oxygen atoms in total. The lowest BCUT2D eigenvalue weighted by Gasteiger charge is -2.09. The first-order valence-corrected chi connectivity index (χ1v) is 7.60. The summed E-state index contributed by atoms with van der Waals surface area (Å²) in [5.41, 5.74) is 1.83. The van der Waals surface area contributed by atoms with E-state index in [1.54, 1.807) is 12.1 Å². The fourth-order valence-corrected chi connectivity index (χ4v) is 2.65. The fourth-order valence-electron chi connectivity index (χ4n) is 2.65. The molecule has 0 spiro atoms. The molecule has 118 valence electrons. The van der Waals surface area contributed by atoms with Gasteiger partial charge in [0, 0.05) is 23.8 Å². The van der Waals surface area contributed by atoms with Gasteiger partial charge in [-0.3, -0.25) is 0 Å². The van der Waals surface area contributed by atoms with Crippen molar-refractivity contribution in [2.24, 2.45) is 7.05 Å². The van der Waals surface area contributed by atoms with Crippen LogP contribution in [-0.4, -0.2) is 18.3 Å². The number of aryl methyl sites for hydroxylation is 1. The highest BCUT2D eigenvalue weighted by Gasteiger charge is 2.11. The van der Waals surface area contributed by atoms with Crippen LogP contribution in [0.1, 0.15) is 6.42 Å². The molecule has 3 aromatic rings. The molecule has 0 aliphatic heterocycles. The molecule has 0 fully saturated rings. The quantitative estimate of drug-likeness (QED) is 0.579. The minimum absolute atomic E-state index is 0.117. The number of hydrogen-bond acceptors (Lipinski definition) is 2. The third-order valence-electron chi connectivity index (χ3n) is 3.70. The molecule has 0 amide bonds. The van der Waals surface area contributed by atoms with Crippen molar-refractivity contribution < 1.29 is 18.8 Å². The summed E-state index contributed by atoms with van der Waals surface area (Å²) in [6, 6.07) is 12.5. The third kappa shape index (κ3) is 3.48. The van der Waals surface area contributed by atoms with E-state index in [1.165, 1.54) is 6.07 Å². The highest BCUT2D eigenvalue weighted by molar-refractivity contribution is 5.95. The molecule has 3 rings (SSSR count). The van der Waals surface area contributed by atoms with Crippen LogP contribution in [0.3, 0.4) is 0 Å². The maximum atomic E-state index is 13.5. The summed E-state index contributed by atoms with van der Waals surface area (Å²) in [6.45, 7) is 0.601. The molecule has 0 aliphatic carbocycles. The predicted octanol–water partition coefficient (Wildman–Crippen LogP) is 3.23. The van der Waals surface area contributed by atoms with E-state index >= 15 is 0 Å². The van der Waals surface area contributed by atoms with Crippen LogP contribution in [0, 0.1) is 5.82 Å². The molecule has 2 aromatic carbocycles. The Kier molecular flexibility index (Phi) is 4.53. The lowest BCUT2D eigenvalue weighted by atomic mass is 10.0. The lowest BCUT2D eigenvalue weighted by molar-refractivity contribution is -0.669. The first kappa shape index (κ1) is 15.4. The van der Waals surface area contributed by atoms with Crippen molar-refractivity contribution in [2.45, 2.75) is 6.42 Å². The normalized spacial score (nSPS) is 10.9. The number of aliphatic hydroxyl groups excluding tert-OH is 1. The van der Waals surface area contributed by atoms with Gasteiger partial charge in [-0.05, 0) is 35.9 Å². The SMILES string of the molecule is C[n+]1cc(-c2cccc(F)c2)c2ccc(OCCCO)cc2c1. The number of nitrogens with zero attached hydrogens (tertiary/aromatic N) is 1. The topological polar surface area (TPSA) is 33.3 Å². The van der Waals surface area contributed by atoms with Crippen LogP contribution >= 0.6 is 0 Å². The number of pyridine rings is 1.